The van der Waals surface area contributed by atoms with E-state index in [1.165, 1.54) is 19.2 Å². The lowest BCUT2D eigenvalue weighted by molar-refractivity contribution is -0.141. The van der Waals surface area contributed by atoms with Gasteiger partial charge in [-0.3, -0.25) is 0 Å². The van der Waals surface area contributed by atoms with Crippen LogP contribution in [0, 0.1) is 5.82 Å². The Hall–Kier alpha value is -1.67. The Morgan fingerprint density at radius 1 is 1.35 bits per heavy atom. The average molecular weight is 306 g/mol. The lowest BCUT2D eigenvalue weighted by Crippen LogP contribution is -2.10. The molecule has 2 rings (SSSR count). The van der Waals surface area contributed by atoms with Crippen LogP contribution in [-0.4, -0.2) is 12.1 Å². The SMILES string of the molecule is COc1cccc(F)c1-c1nc(C(F)(F)F)c(CN)s1. The predicted molar refractivity (Wildman–Crippen MR) is 67.0 cm³/mol. The first-order valence-electron chi connectivity index (χ1n) is 5.48. The summed E-state index contributed by atoms with van der Waals surface area (Å²) in [7, 11) is 1.31. The average Bonchev–Trinajstić information content (AvgIpc) is 2.82. The quantitative estimate of drug-likeness (QED) is 0.884. The van der Waals surface area contributed by atoms with Crippen LogP contribution in [-0.2, 0) is 12.7 Å². The van der Waals surface area contributed by atoms with Gasteiger partial charge in [0.1, 0.15) is 16.6 Å². The van der Waals surface area contributed by atoms with E-state index in [2.05, 4.69) is 4.98 Å². The maximum atomic E-state index is 13.8. The van der Waals surface area contributed by atoms with Crippen LogP contribution >= 0.6 is 11.3 Å². The zero-order chi connectivity index (χ0) is 14.9. The summed E-state index contributed by atoms with van der Waals surface area (Å²) in [5.74, 6) is -0.577. The number of aromatic nitrogens is 1. The van der Waals surface area contributed by atoms with Gasteiger partial charge >= 0.3 is 6.18 Å². The molecule has 0 bridgehead atoms. The van der Waals surface area contributed by atoms with E-state index in [0.717, 1.165) is 6.07 Å². The van der Waals surface area contributed by atoms with Crippen LogP contribution in [0.25, 0.3) is 10.6 Å². The molecular formula is C12H10F4N2OS. The molecule has 0 aliphatic carbocycles. The summed E-state index contributed by atoms with van der Waals surface area (Å²) in [6.45, 7) is -0.316. The van der Waals surface area contributed by atoms with Crippen LogP contribution < -0.4 is 10.5 Å². The summed E-state index contributed by atoms with van der Waals surface area (Å²) in [5.41, 5.74) is 4.12. The molecule has 1 aromatic heterocycles. The van der Waals surface area contributed by atoms with E-state index in [9.17, 15) is 17.6 Å². The molecule has 20 heavy (non-hydrogen) atoms. The third kappa shape index (κ3) is 2.61. The first-order chi connectivity index (χ1) is 9.38. The van der Waals surface area contributed by atoms with E-state index in [-0.39, 0.29) is 27.7 Å². The first kappa shape index (κ1) is 14.7. The molecule has 3 nitrogen and oxygen atoms in total. The Labute approximate surface area is 116 Å². The molecule has 0 radical (unpaired) electrons. The summed E-state index contributed by atoms with van der Waals surface area (Å²) < 4.78 is 57.2. The van der Waals surface area contributed by atoms with E-state index in [1.54, 1.807) is 0 Å². The highest BCUT2D eigenvalue weighted by molar-refractivity contribution is 7.15. The maximum absolute atomic E-state index is 13.8. The summed E-state index contributed by atoms with van der Waals surface area (Å²) >= 11 is 0.707. The maximum Gasteiger partial charge on any atom is 0.434 e. The molecule has 108 valence electrons. The van der Waals surface area contributed by atoms with Gasteiger partial charge in [-0.05, 0) is 12.1 Å². The van der Waals surface area contributed by atoms with Crippen LogP contribution in [0.2, 0.25) is 0 Å². The normalized spacial score (nSPS) is 11.7. The second-order valence-corrected chi connectivity index (χ2v) is 4.89. The van der Waals surface area contributed by atoms with Gasteiger partial charge in [-0.15, -0.1) is 11.3 Å². The van der Waals surface area contributed by atoms with E-state index in [0.29, 0.717) is 11.3 Å². The molecule has 8 heteroatoms. The lowest BCUT2D eigenvalue weighted by atomic mass is 10.2. The Morgan fingerprint density at radius 3 is 2.55 bits per heavy atom. The number of alkyl halides is 3. The number of benzene rings is 1. The minimum Gasteiger partial charge on any atom is -0.496 e. The largest absolute Gasteiger partial charge is 0.496 e. The van der Waals surface area contributed by atoms with Crippen molar-refractivity contribution in [2.45, 2.75) is 12.7 Å². The van der Waals surface area contributed by atoms with Crippen molar-refractivity contribution in [2.75, 3.05) is 7.11 Å². The first-order valence-corrected chi connectivity index (χ1v) is 6.30. The van der Waals surface area contributed by atoms with E-state index < -0.39 is 17.7 Å². The number of rotatable bonds is 3. The number of thiazole rings is 1. The Kier molecular flexibility index (Phi) is 3.96. The fourth-order valence-corrected chi connectivity index (χ4v) is 2.71. The molecule has 0 unspecified atom stereocenters. The topological polar surface area (TPSA) is 48.1 Å². The van der Waals surface area contributed by atoms with Crippen LogP contribution in [0.3, 0.4) is 0 Å². The summed E-state index contributed by atoms with van der Waals surface area (Å²) in [4.78, 5) is 3.34. The molecular weight excluding hydrogens is 296 g/mol. The fraction of sp³-hybridized carbons (Fsp3) is 0.250. The molecule has 2 aromatic rings. The molecule has 0 saturated carbocycles. The van der Waals surface area contributed by atoms with Crippen LogP contribution in [0.1, 0.15) is 10.6 Å². The Bertz CT molecular complexity index is 624. The highest BCUT2D eigenvalue weighted by Crippen LogP contribution is 2.40. The van der Waals surface area contributed by atoms with Crippen molar-refractivity contribution in [3.8, 4) is 16.3 Å². The van der Waals surface area contributed by atoms with Gasteiger partial charge in [-0.1, -0.05) is 6.07 Å². The van der Waals surface area contributed by atoms with Crippen LogP contribution in [0.15, 0.2) is 18.2 Å². The molecule has 0 saturated heterocycles. The highest BCUT2D eigenvalue weighted by atomic mass is 32.1. The molecule has 0 atom stereocenters. The fourth-order valence-electron chi connectivity index (χ4n) is 1.70. The number of nitrogens with zero attached hydrogens (tertiary/aromatic N) is 1. The van der Waals surface area contributed by atoms with E-state index in [4.69, 9.17) is 10.5 Å². The van der Waals surface area contributed by atoms with E-state index >= 15 is 0 Å². The standard InChI is InChI=1S/C12H10F4N2OS/c1-19-7-4-2-3-6(13)9(7)11-18-10(12(14,15)16)8(5-17)20-11/h2-4H,5,17H2,1H3. The second-order valence-electron chi connectivity index (χ2n) is 3.81. The third-order valence-electron chi connectivity index (χ3n) is 2.56. The molecule has 2 N–H and O–H groups in total. The van der Waals surface area contributed by atoms with Crippen molar-refractivity contribution in [3.05, 3.63) is 34.6 Å². The number of methoxy groups -OCH3 is 1. The molecule has 1 heterocycles. The smallest absolute Gasteiger partial charge is 0.434 e. The highest BCUT2D eigenvalue weighted by Gasteiger charge is 2.37. The van der Waals surface area contributed by atoms with Crippen molar-refractivity contribution in [1.82, 2.24) is 4.98 Å². The van der Waals surface area contributed by atoms with Crippen LogP contribution in [0.4, 0.5) is 17.6 Å². The molecule has 0 aliphatic rings. The number of hydrogen-bond donors (Lipinski definition) is 1. The summed E-state index contributed by atoms with van der Waals surface area (Å²) in [6.07, 6.45) is -4.62. The van der Waals surface area contributed by atoms with Gasteiger partial charge in [-0.2, -0.15) is 13.2 Å². The van der Waals surface area contributed by atoms with Crippen molar-refractivity contribution < 1.29 is 22.3 Å². The van der Waals surface area contributed by atoms with Gasteiger partial charge in [0.2, 0.25) is 0 Å². The number of nitrogens with two attached hydrogens (primary N) is 1. The van der Waals surface area contributed by atoms with Gasteiger partial charge in [-0.25, -0.2) is 9.37 Å². The minimum atomic E-state index is -4.62. The molecule has 0 spiro atoms. The molecule has 0 amide bonds. The Balaban J connectivity index is 2.63. The minimum absolute atomic E-state index is 0.0924. The lowest BCUT2D eigenvalue weighted by Gasteiger charge is -2.06. The second kappa shape index (κ2) is 5.37. The summed E-state index contributed by atoms with van der Waals surface area (Å²) in [5, 5.41) is -0.104. The summed E-state index contributed by atoms with van der Waals surface area (Å²) in [6, 6.07) is 3.99. The number of hydrogen-bond acceptors (Lipinski definition) is 4. The van der Waals surface area contributed by atoms with Gasteiger partial charge in [0.15, 0.2) is 5.69 Å². The van der Waals surface area contributed by atoms with Gasteiger partial charge in [0, 0.05) is 6.54 Å². The zero-order valence-corrected chi connectivity index (χ0v) is 11.1. The number of ether oxygens (including phenoxy) is 1. The predicted octanol–water partition coefficient (Wildman–Crippen LogP) is 3.44. The Morgan fingerprint density at radius 2 is 2.05 bits per heavy atom. The zero-order valence-electron chi connectivity index (χ0n) is 10.3. The van der Waals surface area contributed by atoms with E-state index in [1.807, 2.05) is 0 Å². The van der Waals surface area contributed by atoms with Crippen molar-refractivity contribution >= 4 is 11.3 Å². The number of halogens is 4. The van der Waals surface area contributed by atoms with Crippen molar-refractivity contribution in [3.63, 3.8) is 0 Å². The van der Waals surface area contributed by atoms with Gasteiger partial charge in [0.05, 0.1) is 17.6 Å². The van der Waals surface area contributed by atoms with Crippen molar-refractivity contribution in [2.24, 2.45) is 5.73 Å². The third-order valence-corrected chi connectivity index (χ3v) is 3.66. The van der Waals surface area contributed by atoms with Gasteiger partial charge < -0.3 is 10.5 Å². The van der Waals surface area contributed by atoms with Gasteiger partial charge in [0.25, 0.3) is 0 Å². The molecule has 0 aliphatic heterocycles. The monoisotopic (exact) mass is 306 g/mol. The van der Waals surface area contributed by atoms with Crippen molar-refractivity contribution in [1.29, 1.82) is 0 Å². The van der Waals surface area contributed by atoms with Crippen LogP contribution in [0.5, 0.6) is 5.75 Å². The molecule has 0 fully saturated rings. The molecule has 1 aromatic carbocycles.